The van der Waals surface area contributed by atoms with Crippen LogP contribution in [-0.2, 0) is 0 Å². The van der Waals surface area contributed by atoms with Gasteiger partial charge in [0.15, 0.2) is 0 Å². The molecule has 1 aliphatic rings. The molecule has 1 fully saturated rings. The number of halogens is 1. The number of hydrogen-bond acceptors (Lipinski definition) is 3. The first-order valence-corrected chi connectivity index (χ1v) is 7.78. The van der Waals surface area contributed by atoms with Gasteiger partial charge >= 0.3 is 0 Å². The molecule has 0 unspecified atom stereocenters. The highest BCUT2D eigenvalue weighted by Gasteiger charge is 2.25. The number of pyridine rings is 1. The number of benzene rings is 1. The van der Waals surface area contributed by atoms with Crippen molar-refractivity contribution >= 4 is 23.4 Å². The summed E-state index contributed by atoms with van der Waals surface area (Å²) in [5, 5.41) is 0.604. The Labute approximate surface area is 139 Å². The van der Waals surface area contributed by atoms with Gasteiger partial charge in [0.05, 0.1) is 0 Å². The summed E-state index contributed by atoms with van der Waals surface area (Å²) in [6, 6.07) is 12.1. The lowest BCUT2D eigenvalue weighted by Gasteiger charge is -2.34. The second kappa shape index (κ2) is 6.79. The number of piperazine rings is 1. The first-order chi connectivity index (χ1) is 11.1. The van der Waals surface area contributed by atoms with E-state index in [1.165, 1.54) is 0 Å². The molecular formula is C17H16ClN3O2. The van der Waals surface area contributed by atoms with Gasteiger partial charge in [0.1, 0.15) is 5.69 Å². The van der Waals surface area contributed by atoms with E-state index < -0.39 is 0 Å². The zero-order valence-corrected chi connectivity index (χ0v) is 13.2. The van der Waals surface area contributed by atoms with Crippen molar-refractivity contribution in [2.45, 2.75) is 0 Å². The SMILES string of the molecule is O=C(c1ccc(Cl)cc1)N1CCN(C(=O)c2ccccn2)CC1. The molecule has 0 saturated carbocycles. The molecule has 0 bridgehead atoms. The van der Waals surface area contributed by atoms with Crippen LogP contribution in [0.4, 0.5) is 0 Å². The average Bonchev–Trinajstić information content (AvgIpc) is 2.62. The van der Waals surface area contributed by atoms with E-state index in [2.05, 4.69) is 4.98 Å². The third-order valence-corrected chi connectivity index (χ3v) is 4.08. The van der Waals surface area contributed by atoms with E-state index in [-0.39, 0.29) is 11.8 Å². The fourth-order valence-electron chi connectivity index (χ4n) is 2.54. The predicted molar refractivity (Wildman–Crippen MR) is 87.5 cm³/mol. The Morgan fingerprint density at radius 3 is 2.04 bits per heavy atom. The third-order valence-electron chi connectivity index (χ3n) is 3.83. The molecule has 2 amide bonds. The van der Waals surface area contributed by atoms with Crippen molar-refractivity contribution in [2.24, 2.45) is 0 Å². The highest BCUT2D eigenvalue weighted by Crippen LogP contribution is 2.14. The maximum absolute atomic E-state index is 12.4. The lowest BCUT2D eigenvalue weighted by Crippen LogP contribution is -2.50. The number of carbonyl (C=O) groups is 2. The molecule has 1 aromatic heterocycles. The van der Waals surface area contributed by atoms with E-state index in [4.69, 9.17) is 11.6 Å². The summed E-state index contributed by atoms with van der Waals surface area (Å²) in [7, 11) is 0. The van der Waals surface area contributed by atoms with Gasteiger partial charge in [-0.1, -0.05) is 17.7 Å². The summed E-state index contributed by atoms with van der Waals surface area (Å²) in [6.45, 7) is 2.05. The molecule has 0 atom stereocenters. The number of rotatable bonds is 2. The van der Waals surface area contributed by atoms with Crippen molar-refractivity contribution in [3.05, 3.63) is 64.9 Å². The molecule has 0 radical (unpaired) electrons. The van der Waals surface area contributed by atoms with Crippen LogP contribution in [0.25, 0.3) is 0 Å². The van der Waals surface area contributed by atoms with Crippen LogP contribution in [0.15, 0.2) is 48.7 Å². The van der Waals surface area contributed by atoms with Gasteiger partial charge in [0.2, 0.25) is 0 Å². The van der Waals surface area contributed by atoms with Gasteiger partial charge in [0.25, 0.3) is 11.8 Å². The summed E-state index contributed by atoms with van der Waals surface area (Å²) in [6.07, 6.45) is 1.60. The van der Waals surface area contributed by atoms with Crippen molar-refractivity contribution < 1.29 is 9.59 Å². The van der Waals surface area contributed by atoms with E-state index >= 15 is 0 Å². The zero-order valence-electron chi connectivity index (χ0n) is 12.5. The standard InChI is InChI=1S/C17H16ClN3O2/c18-14-6-4-13(5-7-14)16(22)20-9-11-21(12-10-20)17(23)15-3-1-2-8-19-15/h1-8H,9-12H2. The van der Waals surface area contributed by atoms with E-state index in [1.807, 2.05) is 0 Å². The predicted octanol–water partition coefficient (Wildman–Crippen LogP) is 2.33. The van der Waals surface area contributed by atoms with Gasteiger partial charge in [-0.2, -0.15) is 0 Å². The lowest BCUT2D eigenvalue weighted by atomic mass is 10.2. The van der Waals surface area contributed by atoms with Crippen LogP contribution in [0.1, 0.15) is 20.8 Å². The number of aromatic nitrogens is 1. The Kier molecular flexibility index (Phi) is 4.57. The molecule has 5 nitrogen and oxygen atoms in total. The zero-order chi connectivity index (χ0) is 16.2. The minimum absolute atomic E-state index is 0.0356. The maximum Gasteiger partial charge on any atom is 0.272 e. The molecular weight excluding hydrogens is 314 g/mol. The number of nitrogens with zero attached hydrogens (tertiary/aromatic N) is 3. The van der Waals surface area contributed by atoms with Crippen LogP contribution in [0.3, 0.4) is 0 Å². The maximum atomic E-state index is 12.4. The number of amides is 2. The monoisotopic (exact) mass is 329 g/mol. The van der Waals surface area contributed by atoms with Crippen molar-refractivity contribution in [1.82, 2.24) is 14.8 Å². The van der Waals surface area contributed by atoms with Crippen molar-refractivity contribution in [2.75, 3.05) is 26.2 Å². The molecule has 2 aromatic rings. The van der Waals surface area contributed by atoms with Gasteiger partial charge in [-0.3, -0.25) is 14.6 Å². The van der Waals surface area contributed by atoms with E-state index in [9.17, 15) is 9.59 Å². The molecule has 1 aromatic carbocycles. The Morgan fingerprint density at radius 2 is 1.48 bits per heavy atom. The molecule has 1 aliphatic heterocycles. The van der Waals surface area contributed by atoms with Crippen LogP contribution in [0.2, 0.25) is 5.02 Å². The molecule has 0 N–H and O–H groups in total. The molecule has 3 rings (SSSR count). The Balaban J connectivity index is 1.61. The fraction of sp³-hybridized carbons (Fsp3) is 0.235. The van der Waals surface area contributed by atoms with Crippen LogP contribution >= 0.6 is 11.6 Å². The van der Waals surface area contributed by atoms with Crippen LogP contribution < -0.4 is 0 Å². The van der Waals surface area contributed by atoms with E-state index in [0.717, 1.165) is 0 Å². The highest BCUT2D eigenvalue weighted by atomic mass is 35.5. The normalized spacial score (nSPS) is 14.7. The van der Waals surface area contributed by atoms with Crippen molar-refractivity contribution in [3.8, 4) is 0 Å². The van der Waals surface area contributed by atoms with Crippen LogP contribution in [0, 0.1) is 0 Å². The Bertz CT molecular complexity index is 696. The largest absolute Gasteiger partial charge is 0.335 e. The van der Waals surface area contributed by atoms with Crippen LogP contribution in [0.5, 0.6) is 0 Å². The highest BCUT2D eigenvalue weighted by molar-refractivity contribution is 6.30. The summed E-state index contributed by atoms with van der Waals surface area (Å²) < 4.78 is 0. The molecule has 118 valence electrons. The second-order valence-electron chi connectivity index (χ2n) is 5.31. The van der Waals surface area contributed by atoms with Gasteiger partial charge in [0, 0.05) is 43.0 Å². The molecule has 23 heavy (non-hydrogen) atoms. The van der Waals surface area contributed by atoms with Gasteiger partial charge in [-0.15, -0.1) is 0 Å². The molecule has 2 heterocycles. The van der Waals surface area contributed by atoms with Gasteiger partial charge in [-0.25, -0.2) is 0 Å². The summed E-state index contributed by atoms with van der Waals surface area (Å²) in [4.78, 5) is 32.3. The Hall–Kier alpha value is -2.40. The van der Waals surface area contributed by atoms with Gasteiger partial charge < -0.3 is 9.80 Å². The van der Waals surface area contributed by atoms with Crippen LogP contribution in [-0.4, -0.2) is 52.8 Å². The molecule has 0 spiro atoms. The summed E-state index contributed by atoms with van der Waals surface area (Å²) in [5.41, 5.74) is 1.05. The second-order valence-corrected chi connectivity index (χ2v) is 5.74. The summed E-state index contributed by atoms with van der Waals surface area (Å²) >= 11 is 5.84. The van der Waals surface area contributed by atoms with E-state index in [1.54, 1.807) is 58.5 Å². The first-order valence-electron chi connectivity index (χ1n) is 7.40. The first kappa shape index (κ1) is 15.5. The molecule has 1 saturated heterocycles. The minimum Gasteiger partial charge on any atom is -0.335 e. The topological polar surface area (TPSA) is 53.5 Å². The lowest BCUT2D eigenvalue weighted by molar-refractivity contribution is 0.0532. The van der Waals surface area contributed by atoms with Crippen molar-refractivity contribution in [1.29, 1.82) is 0 Å². The third kappa shape index (κ3) is 3.51. The van der Waals surface area contributed by atoms with E-state index in [0.29, 0.717) is 42.5 Å². The number of carbonyl (C=O) groups excluding carboxylic acids is 2. The smallest absolute Gasteiger partial charge is 0.272 e. The molecule has 6 heteroatoms. The average molecular weight is 330 g/mol. The number of hydrogen-bond donors (Lipinski definition) is 0. The Morgan fingerprint density at radius 1 is 0.870 bits per heavy atom. The van der Waals surface area contributed by atoms with Gasteiger partial charge in [-0.05, 0) is 36.4 Å². The van der Waals surface area contributed by atoms with Crippen molar-refractivity contribution in [3.63, 3.8) is 0 Å². The molecule has 0 aliphatic carbocycles. The quantitative estimate of drug-likeness (QED) is 0.849. The minimum atomic E-state index is -0.0933. The summed E-state index contributed by atoms with van der Waals surface area (Å²) in [5.74, 6) is -0.129. The fourth-order valence-corrected chi connectivity index (χ4v) is 2.66.